The fourth-order valence-corrected chi connectivity index (χ4v) is 2.58. The van der Waals surface area contributed by atoms with E-state index in [2.05, 4.69) is 10.6 Å². The van der Waals surface area contributed by atoms with Crippen molar-refractivity contribution in [3.63, 3.8) is 0 Å². The van der Waals surface area contributed by atoms with Crippen molar-refractivity contribution in [3.05, 3.63) is 59.1 Å². The summed E-state index contributed by atoms with van der Waals surface area (Å²) in [5.41, 5.74) is 1.79. The molecule has 136 valence electrons. The van der Waals surface area contributed by atoms with Gasteiger partial charge in [-0.1, -0.05) is 29.8 Å². The van der Waals surface area contributed by atoms with Crippen LogP contribution >= 0.6 is 11.6 Å². The molecule has 0 radical (unpaired) electrons. The summed E-state index contributed by atoms with van der Waals surface area (Å²) in [5, 5.41) is 6.37. The molecule has 5 nitrogen and oxygen atoms in total. The fraction of sp³-hybridized carbons (Fsp3) is 0.300. The molecule has 0 aromatic heterocycles. The van der Waals surface area contributed by atoms with Crippen LogP contribution in [0.2, 0.25) is 5.02 Å². The number of halogens is 1. The highest BCUT2D eigenvalue weighted by Crippen LogP contribution is 2.30. The molecule has 0 bridgehead atoms. The number of hydrogen-bond acceptors (Lipinski definition) is 3. The number of ether oxygens (including phenoxy) is 1. The van der Waals surface area contributed by atoms with Gasteiger partial charge in [0, 0.05) is 29.2 Å². The third-order valence-corrected chi connectivity index (χ3v) is 4.32. The van der Waals surface area contributed by atoms with Crippen LogP contribution in [0.15, 0.2) is 48.5 Å². The zero-order valence-electron chi connectivity index (χ0n) is 14.3. The number of nitrogens with one attached hydrogen (secondary N) is 2. The van der Waals surface area contributed by atoms with Gasteiger partial charge in [-0.05, 0) is 49.1 Å². The van der Waals surface area contributed by atoms with Gasteiger partial charge >= 0.3 is 0 Å². The largest absolute Gasteiger partial charge is 0.484 e. The Morgan fingerprint density at radius 1 is 1.12 bits per heavy atom. The van der Waals surface area contributed by atoms with Gasteiger partial charge in [-0.25, -0.2) is 0 Å². The molecule has 1 fully saturated rings. The molecule has 1 aliphatic carbocycles. The first kappa shape index (κ1) is 18.3. The van der Waals surface area contributed by atoms with Crippen molar-refractivity contribution in [1.82, 2.24) is 5.32 Å². The molecule has 2 aromatic rings. The zero-order chi connectivity index (χ0) is 18.4. The van der Waals surface area contributed by atoms with E-state index in [-0.39, 0.29) is 24.3 Å². The second-order valence-electron chi connectivity index (χ2n) is 6.31. The van der Waals surface area contributed by atoms with Gasteiger partial charge in [0.2, 0.25) is 5.91 Å². The lowest BCUT2D eigenvalue weighted by molar-refractivity contribution is -0.123. The number of anilines is 1. The summed E-state index contributed by atoms with van der Waals surface area (Å²) < 4.78 is 5.50. The average molecular weight is 373 g/mol. The first-order valence-corrected chi connectivity index (χ1v) is 9.03. The third-order valence-electron chi connectivity index (χ3n) is 4.07. The van der Waals surface area contributed by atoms with E-state index < -0.39 is 0 Å². The molecular formula is C20H21ClN2O3. The lowest BCUT2D eigenvalue weighted by Gasteiger charge is -2.10. The topological polar surface area (TPSA) is 67.4 Å². The molecule has 1 saturated carbocycles. The van der Waals surface area contributed by atoms with Crippen LogP contribution in [-0.2, 0) is 16.0 Å². The minimum Gasteiger partial charge on any atom is -0.484 e. The van der Waals surface area contributed by atoms with Gasteiger partial charge < -0.3 is 15.4 Å². The Morgan fingerprint density at radius 2 is 1.88 bits per heavy atom. The Morgan fingerprint density at radius 3 is 2.62 bits per heavy atom. The highest BCUT2D eigenvalue weighted by atomic mass is 35.5. The van der Waals surface area contributed by atoms with E-state index in [0.29, 0.717) is 23.0 Å². The summed E-state index contributed by atoms with van der Waals surface area (Å²) in [4.78, 5) is 23.7. The molecule has 6 heteroatoms. The number of amides is 2. The minimum absolute atomic E-state index is 0.0436. The standard InChI is InChI=1S/C20H21ClN2O3/c21-16-8-4-14(5-9-16)10-11-22-19(24)13-26-18-3-1-2-17(12-18)23-20(25)15-6-7-15/h1-5,8-9,12,15H,6-7,10-11,13H2,(H,22,24)(H,23,25). The monoisotopic (exact) mass is 372 g/mol. The number of carbonyl (C=O) groups excluding carboxylic acids is 2. The molecule has 3 rings (SSSR count). The normalized spacial score (nSPS) is 13.1. The lowest BCUT2D eigenvalue weighted by Crippen LogP contribution is -2.30. The van der Waals surface area contributed by atoms with Gasteiger partial charge in [0.1, 0.15) is 5.75 Å². The predicted octanol–water partition coefficient (Wildman–Crippen LogP) is 3.43. The molecular weight excluding hydrogens is 352 g/mol. The third kappa shape index (κ3) is 5.77. The van der Waals surface area contributed by atoms with Gasteiger partial charge in [0.15, 0.2) is 6.61 Å². The number of hydrogen-bond donors (Lipinski definition) is 2. The Hall–Kier alpha value is -2.53. The van der Waals surface area contributed by atoms with Crippen LogP contribution in [0.4, 0.5) is 5.69 Å². The summed E-state index contributed by atoms with van der Waals surface area (Å²) in [5.74, 6) is 0.547. The van der Waals surface area contributed by atoms with Crippen molar-refractivity contribution >= 4 is 29.1 Å². The highest BCUT2D eigenvalue weighted by molar-refractivity contribution is 6.30. The van der Waals surface area contributed by atoms with E-state index in [1.807, 2.05) is 24.3 Å². The maximum Gasteiger partial charge on any atom is 0.257 e. The van der Waals surface area contributed by atoms with Gasteiger partial charge in [0.05, 0.1) is 0 Å². The molecule has 2 amide bonds. The predicted molar refractivity (Wildman–Crippen MR) is 101 cm³/mol. The molecule has 0 unspecified atom stereocenters. The van der Waals surface area contributed by atoms with Crippen molar-refractivity contribution in [2.24, 2.45) is 5.92 Å². The van der Waals surface area contributed by atoms with Crippen LogP contribution in [-0.4, -0.2) is 25.0 Å². The fourth-order valence-electron chi connectivity index (χ4n) is 2.45. The van der Waals surface area contributed by atoms with E-state index in [1.165, 1.54) is 0 Å². The molecule has 0 aliphatic heterocycles. The van der Waals surface area contributed by atoms with Gasteiger partial charge in [-0.2, -0.15) is 0 Å². The Labute approximate surface area is 157 Å². The molecule has 0 saturated heterocycles. The van der Waals surface area contributed by atoms with Gasteiger partial charge in [-0.15, -0.1) is 0 Å². The van der Waals surface area contributed by atoms with E-state index >= 15 is 0 Å². The van der Waals surface area contributed by atoms with Crippen molar-refractivity contribution in [2.75, 3.05) is 18.5 Å². The average Bonchev–Trinajstić information content (AvgIpc) is 3.47. The summed E-state index contributed by atoms with van der Waals surface area (Å²) in [6, 6.07) is 14.6. The lowest BCUT2D eigenvalue weighted by atomic mass is 10.1. The SMILES string of the molecule is O=C(COc1cccc(NC(=O)C2CC2)c1)NCCc1ccc(Cl)cc1. The summed E-state index contributed by atoms with van der Waals surface area (Å²) in [7, 11) is 0. The molecule has 2 N–H and O–H groups in total. The van der Waals surface area contributed by atoms with Crippen molar-refractivity contribution in [2.45, 2.75) is 19.3 Å². The van der Waals surface area contributed by atoms with Crippen LogP contribution < -0.4 is 15.4 Å². The summed E-state index contributed by atoms with van der Waals surface area (Å²) in [6.07, 6.45) is 2.64. The van der Waals surface area contributed by atoms with E-state index in [4.69, 9.17) is 16.3 Å². The van der Waals surface area contributed by atoms with Crippen LogP contribution in [0.3, 0.4) is 0 Å². The molecule has 0 spiro atoms. The zero-order valence-corrected chi connectivity index (χ0v) is 15.1. The first-order chi connectivity index (χ1) is 12.6. The molecule has 2 aromatic carbocycles. The van der Waals surface area contributed by atoms with Crippen LogP contribution in [0, 0.1) is 5.92 Å². The molecule has 0 heterocycles. The molecule has 0 atom stereocenters. The van der Waals surface area contributed by atoms with Crippen LogP contribution in [0.1, 0.15) is 18.4 Å². The first-order valence-electron chi connectivity index (χ1n) is 8.65. The van der Waals surface area contributed by atoms with Gasteiger partial charge in [0.25, 0.3) is 5.91 Å². The summed E-state index contributed by atoms with van der Waals surface area (Å²) >= 11 is 5.84. The number of carbonyl (C=O) groups is 2. The Bertz CT molecular complexity index is 773. The van der Waals surface area contributed by atoms with Crippen molar-refractivity contribution in [1.29, 1.82) is 0 Å². The minimum atomic E-state index is -0.189. The maximum atomic E-state index is 11.9. The van der Waals surface area contributed by atoms with E-state index in [0.717, 1.165) is 24.8 Å². The second kappa shape index (κ2) is 8.72. The van der Waals surface area contributed by atoms with Crippen LogP contribution in [0.25, 0.3) is 0 Å². The Kier molecular flexibility index (Phi) is 6.12. The summed E-state index contributed by atoms with van der Waals surface area (Å²) in [6.45, 7) is 0.460. The van der Waals surface area contributed by atoms with E-state index in [1.54, 1.807) is 24.3 Å². The number of rotatable bonds is 8. The molecule has 26 heavy (non-hydrogen) atoms. The quantitative estimate of drug-likeness (QED) is 0.746. The Balaban J connectivity index is 1.39. The smallest absolute Gasteiger partial charge is 0.257 e. The number of benzene rings is 2. The van der Waals surface area contributed by atoms with E-state index in [9.17, 15) is 9.59 Å². The van der Waals surface area contributed by atoms with Crippen LogP contribution in [0.5, 0.6) is 5.75 Å². The van der Waals surface area contributed by atoms with Gasteiger partial charge in [-0.3, -0.25) is 9.59 Å². The van der Waals surface area contributed by atoms with Crippen molar-refractivity contribution < 1.29 is 14.3 Å². The highest BCUT2D eigenvalue weighted by Gasteiger charge is 2.29. The maximum absolute atomic E-state index is 11.9. The second-order valence-corrected chi connectivity index (χ2v) is 6.74. The molecule has 1 aliphatic rings. The van der Waals surface area contributed by atoms with Crippen molar-refractivity contribution in [3.8, 4) is 5.75 Å².